The maximum absolute atomic E-state index is 12.9. The van der Waals surface area contributed by atoms with Gasteiger partial charge in [0.25, 0.3) is 0 Å². The van der Waals surface area contributed by atoms with Crippen molar-refractivity contribution in [2.75, 3.05) is 0 Å². The Bertz CT molecular complexity index is 154. The van der Waals surface area contributed by atoms with Crippen LogP contribution in [0.15, 0.2) is 0 Å². The smallest absolute Gasteiger partial charge is 0.196 e. The molecule has 0 aliphatic heterocycles. The van der Waals surface area contributed by atoms with Crippen LogP contribution in [-0.2, 0) is 4.79 Å². The summed E-state index contributed by atoms with van der Waals surface area (Å²) in [5.41, 5.74) is -2.21. The molecule has 1 unspecified atom stereocenters. The molecule has 1 saturated carbocycles. The van der Waals surface area contributed by atoms with Gasteiger partial charge in [-0.25, -0.2) is 8.78 Å². The van der Waals surface area contributed by atoms with Crippen molar-refractivity contribution in [3.8, 4) is 0 Å². The van der Waals surface area contributed by atoms with Gasteiger partial charge in [0.05, 0.1) is 0 Å². The van der Waals surface area contributed by atoms with E-state index in [2.05, 4.69) is 0 Å². The monoisotopic (exact) mass is 148 g/mol. The molecular formula is C7H10F2O. The van der Waals surface area contributed by atoms with E-state index in [9.17, 15) is 13.6 Å². The summed E-state index contributed by atoms with van der Waals surface area (Å²) >= 11 is 0. The molecule has 1 nitrogen and oxygen atoms in total. The van der Waals surface area contributed by atoms with Crippen LogP contribution in [-0.4, -0.2) is 17.6 Å². The summed E-state index contributed by atoms with van der Waals surface area (Å²) in [6.45, 7) is 1.03. The zero-order valence-corrected chi connectivity index (χ0v) is 5.86. The molecule has 10 heavy (non-hydrogen) atoms. The minimum Gasteiger partial charge on any atom is -0.296 e. The molecule has 0 heterocycles. The van der Waals surface area contributed by atoms with Gasteiger partial charge in [0.2, 0.25) is 0 Å². The van der Waals surface area contributed by atoms with E-state index in [0.717, 1.165) is 6.92 Å². The molecule has 0 bridgehead atoms. The first-order valence-electron chi connectivity index (χ1n) is 3.41. The van der Waals surface area contributed by atoms with Gasteiger partial charge in [-0.15, -0.1) is 0 Å². The van der Waals surface area contributed by atoms with Gasteiger partial charge in [-0.3, -0.25) is 4.79 Å². The lowest BCUT2D eigenvalue weighted by Gasteiger charge is -2.27. The van der Waals surface area contributed by atoms with E-state index in [4.69, 9.17) is 0 Å². The number of hydrogen-bond donors (Lipinski definition) is 0. The van der Waals surface area contributed by atoms with E-state index in [0.29, 0.717) is 6.42 Å². The average Bonchev–Trinajstić information content (AvgIpc) is 1.84. The Balaban J connectivity index is 2.73. The first-order chi connectivity index (χ1) is 4.55. The van der Waals surface area contributed by atoms with Crippen LogP contribution in [0.4, 0.5) is 8.78 Å². The standard InChI is InChI=1S/C7H10F2O/c1-7(9)5(8)3-2-4-6(7)10/h5H,2-4H2,1H3/t5?,7-/m0/s1. The normalized spacial score (nSPS) is 41.9. The second-order valence-corrected chi connectivity index (χ2v) is 2.86. The number of carbonyl (C=O) groups excluding carboxylic acids is 1. The van der Waals surface area contributed by atoms with Gasteiger partial charge in [-0.05, 0) is 19.8 Å². The van der Waals surface area contributed by atoms with E-state index in [-0.39, 0.29) is 12.8 Å². The van der Waals surface area contributed by atoms with Gasteiger partial charge in [0.15, 0.2) is 11.5 Å². The van der Waals surface area contributed by atoms with Crippen molar-refractivity contribution in [3.63, 3.8) is 0 Å². The van der Waals surface area contributed by atoms with Crippen molar-refractivity contribution in [1.82, 2.24) is 0 Å². The molecule has 1 fully saturated rings. The molecule has 0 amide bonds. The zero-order valence-electron chi connectivity index (χ0n) is 5.86. The molecule has 0 aromatic heterocycles. The van der Waals surface area contributed by atoms with Crippen LogP contribution >= 0.6 is 0 Å². The van der Waals surface area contributed by atoms with Crippen LogP contribution in [0.5, 0.6) is 0 Å². The fourth-order valence-corrected chi connectivity index (χ4v) is 1.13. The SMILES string of the molecule is C[C@@]1(F)C(=O)CCCC1F. The maximum atomic E-state index is 12.9. The minimum absolute atomic E-state index is 0.179. The fraction of sp³-hybridized carbons (Fsp3) is 0.857. The number of halogens is 2. The topological polar surface area (TPSA) is 17.1 Å². The third-order valence-electron chi connectivity index (χ3n) is 1.99. The highest BCUT2D eigenvalue weighted by Gasteiger charge is 2.44. The molecule has 1 aliphatic rings. The molecule has 0 N–H and O–H groups in total. The number of rotatable bonds is 0. The Hall–Kier alpha value is -0.470. The molecule has 0 aromatic rings. The highest BCUT2D eigenvalue weighted by Crippen LogP contribution is 2.30. The van der Waals surface area contributed by atoms with Crippen LogP contribution in [0.2, 0.25) is 0 Å². The summed E-state index contributed by atoms with van der Waals surface area (Å²) in [6.07, 6.45) is -0.736. The second-order valence-electron chi connectivity index (χ2n) is 2.86. The van der Waals surface area contributed by atoms with Crippen LogP contribution in [0.3, 0.4) is 0 Å². The lowest BCUT2D eigenvalue weighted by atomic mass is 9.85. The molecular weight excluding hydrogens is 138 g/mol. The van der Waals surface area contributed by atoms with E-state index in [1.807, 2.05) is 0 Å². The summed E-state index contributed by atoms with van der Waals surface area (Å²) in [4.78, 5) is 10.7. The maximum Gasteiger partial charge on any atom is 0.196 e. The molecule has 2 atom stereocenters. The lowest BCUT2D eigenvalue weighted by Crippen LogP contribution is -2.43. The van der Waals surface area contributed by atoms with Crippen molar-refractivity contribution in [2.45, 2.75) is 38.0 Å². The molecule has 3 heteroatoms. The summed E-state index contributed by atoms with van der Waals surface area (Å²) in [5.74, 6) is -0.591. The fourth-order valence-electron chi connectivity index (χ4n) is 1.13. The Labute approximate surface area is 58.4 Å². The molecule has 1 rings (SSSR count). The van der Waals surface area contributed by atoms with Crippen LogP contribution in [0, 0.1) is 0 Å². The Kier molecular flexibility index (Phi) is 1.75. The first-order valence-corrected chi connectivity index (χ1v) is 3.41. The zero-order chi connectivity index (χ0) is 7.78. The van der Waals surface area contributed by atoms with Crippen molar-refractivity contribution in [2.24, 2.45) is 0 Å². The van der Waals surface area contributed by atoms with Crippen molar-refractivity contribution < 1.29 is 13.6 Å². The summed E-state index contributed by atoms with van der Waals surface area (Å²) in [6, 6.07) is 0. The summed E-state index contributed by atoms with van der Waals surface area (Å²) < 4.78 is 25.5. The van der Waals surface area contributed by atoms with Crippen LogP contribution in [0.25, 0.3) is 0 Å². The predicted octanol–water partition coefficient (Wildman–Crippen LogP) is 1.81. The number of Topliss-reactive ketones (excluding diaryl/α,β-unsaturated/α-hetero) is 1. The van der Waals surface area contributed by atoms with E-state index in [1.165, 1.54) is 0 Å². The number of alkyl halides is 2. The minimum atomic E-state index is -2.21. The largest absolute Gasteiger partial charge is 0.296 e. The van der Waals surface area contributed by atoms with Gasteiger partial charge in [-0.1, -0.05) is 0 Å². The lowest BCUT2D eigenvalue weighted by molar-refractivity contribution is -0.137. The predicted molar refractivity (Wildman–Crippen MR) is 33.3 cm³/mol. The van der Waals surface area contributed by atoms with Gasteiger partial charge in [0.1, 0.15) is 6.17 Å². The molecule has 0 spiro atoms. The molecule has 0 saturated heterocycles. The van der Waals surface area contributed by atoms with E-state index in [1.54, 1.807) is 0 Å². The van der Waals surface area contributed by atoms with E-state index < -0.39 is 17.6 Å². The third kappa shape index (κ3) is 1.04. The van der Waals surface area contributed by atoms with Crippen molar-refractivity contribution in [3.05, 3.63) is 0 Å². The van der Waals surface area contributed by atoms with Gasteiger partial charge in [-0.2, -0.15) is 0 Å². The third-order valence-corrected chi connectivity index (χ3v) is 1.99. The van der Waals surface area contributed by atoms with Gasteiger partial charge in [0, 0.05) is 6.42 Å². The highest BCUT2D eigenvalue weighted by atomic mass is 19.2. The number of hydrogen-bond acceptors (Lipinski definition) is 1. The Morgan fingerprint density at radius 1 is 1.70 bits per heavy atom. The second kappa shape index (κ2) is 2.29. The Morgan fingerprint density at radius 3 is 2.70 bits per heavy atom. The molecule has 58 valence electrons. The summed E-state index contributed by atoms with van der Waals surface area (Å²) in [5, 5.41) is 0. The van der Waals surface area contributed by atoms with E-state index >= 15 is 0 Å². The highest BCUT2D eigenvalue weighted by molar-refractivity contribution is 5.88. The average molecular weight is 148 g/mol. The van der Waals surface area contributed by atoms with Crippen LogP contribution < -0.4 is 0 Å². The van der Waals surface area contributed by atoms with Gasteiger partial charge >= 0.3 is 0 Å². The molecule has 0 aromatic carbocycles. The molecule has 0 radical (unpaired) electrons. The number of ketones is 1. The molecule has 1 aliphatic carbocycles. The van der Waals surface area contributed by atoms with Crippen LogP contribution in [0.1, 0.15) is 26.2 Å². The first kappa shape index (κ1) is 7.63. The summed E-state index contributed by atoms with van der Waals surface area (Å²) in [7, 11) is 0. The van der Waals surface area contributed by atoms with Crippen molar-refractivity contribution >= 4 is 5.78 Å². The number of carbonyl (C=O) groups is 1. The van der Waals surface area contributed by atoms with Crippen molar-refractivity contribution in [1.29, 1.82) is 0 Å². The van der Waals surface area contributed by atoms with Gasteiger partial charge < -0.3 is 0 Å². The quantitative estimate of drug-likeness (QED) is 0.512. The Morgan fingerprint density at radius 2 is 2.30 bits per heavy atom.